The number of hydrogen-bond donors (Lipinski definition) is 1. The Balaban J connectivity index is 3.05. The lowest BCUT2D eigenvalue weighted by Crippen LogP contribution is -2.31. The second-order valence-electron chi connectivity index (χ2n) is 4.99. The summed E-state index contributed by atoms with van der Waals surface area (Å²) < 4.78 is 26.3. The molecule has 0 heterocycles. The molecular weight excluding hydrogens is 320 g/mol. The van der Waals surface area contributed by atoms with Gasteiger partial charge < -0.3 is 10.0 Å². The van der Waals surface area contributed by atoms with Gasteiger partial charge in [-0.05, 0) is 18.2 Å². The minimum atomic E-state index is -3.64. The fraction of sp³-hybridized carbons (Fsp3) is 0.467. The van der Waals surface area contributed by atoms with Crippen molar-refractivity contribution in [2.45, 2.75) is 25.2 Å². The zero-order valence-corrected chi connectivity index (χ0v) is 14.3. The van der Waals surface area contributed by atoms with Crippen molar-refractivity contribution in [2.24, 2.45) is 0 Å². The normalized spacial score (nSPS) is 11.5. The van der Waals surface area contributed by atoms with Crippen LogP contribution in [0.1, 0.15) is 30.6 Å². The number of benzene rings is 1. The molecule has 0 aliphatic rings. The quantitative estimate of drug-likeness (QED) is 0.767. The second kappa shape index (κ2) is 8.07. The highest BCUT2D eigenvalue weighted by atomic mass is 32.2. The molecule has 1 rings (SSSR count). The summed E-state index contributed by atoms with van der Waals surface area (Å²) in [7, 11) is -2.16. The number of carbonyl (C=O) groups excluding carboxylic acids is 1. The molecule has 0 aliphatic carbocycles. The maximum Gasteiger partial charge on any atom is 0.305 e. The molecule has 1 N–H and O–H groups in total. The lowest BCUT2D eigenvalue weighted by Gasteiger charge is -2.20. The molecule has 8 heteroatoms. The number of sulfonamides is 1. The van der Waals surface area contributed by atoms with Gasteiger partial charge in [0.1, 0.15) is 0 Å². The average molecular weight is 342 g/mol. The molecule has 128 valence electrons. The summed E-state index contributed by atoms with van der Waals surface area (Å²) in [6.45, 7) is 4.23. The SMILES string of the molecule is CCN(CC)S(=O)(=O)c1cccc(C(=O)N(C)CCC(=O)O)c1. The number of hydrogen-bond acceptors (Lipinski definition) is 4. The molecule has 1 aromatic carbocycles. The van der Waals surface area contributed by atoms with Gasteiger partial charge in [0.25, 0.3) is 5.91 Å². The molecule has 1 aromatic rings. The van der Waals surface area contributed by atoms with Crippen LogP contribution in [0.15, 0.2) is 29.2 Å². The molecule has 0 aliphatic heterocycles. The Morgan fingerprint density at radius 1 is 1.17 bits per heavy atom. The number of rotatable bonds is 8. The summed E-state index contributed by atoms with van der Waals surface area (Å²) in [5, 5.41) is 8.66. The Hall–Kier alpha value is -1.93. The van der Waals surface area contributed by atoms with Gasteiger partial charge in [-0.3, -0.25) is 9.59 Å². The van der Waals surface area contributed by atoms with E-state index in [1.54, 1.807) is 13.8 Å². The van der Waals surface area contributed by atoms with Crippen molar-refractivity contribution < 1.29 is 23.1 Å². The molecule has 23 heavy (non-hydrogen) atoms. The molecule has 1 amide bonds. The van der Waals surface area contributed by atoms with E-state index in [0.29, 0.717) is 13.1 Å². The number of amides is 1. The van der Waals surface area contributed by atoms with Crippen molar-refractivity contribution in [3.63, 3.8) is 0 Å². The van der Waals surface area contributed by atoms with Crippen molar-refractivity contribution in [2.75, 3.05) is 26.7 Å². The van der Waals surface area contributed by atoms with E-state index < -0.39 is 21.9 Å². The van der Waals surface area contributed by atoms with Crippen LogP contribution in [0.25, 0.3) is 0 Å². The van der Waals surface area contributed by atoms with Crippen LogP contribution in [0, 0.1) is 0 Å². The first-order chi connectivity index (χ1) is 10.7. The molecular formula is C15H22N2O5S. The van der Waals surface area contributed by atoms with E-state index in [0.717, 1.165) is 0 Å². The van der Waals surface area contributed by atoms with Crippen LogP contribution < -0.4 is 0 Å². The topological polar surface area (TPSA) is 95.0 Å². The summed E-state index contributed by atoms with van der Waals surface area (Å²) in [5.74, 6) is -1.41. The summed E-state index contributed by atoms with van der Waals surface area (Å²) >= 11 is 0. The Bertz CT molecular complexity index is 668. The van der Waals surface area contributed by atoms with Crippen molar-refractivity contribution >= 4 is 21.9 Å². The summed E-state index contributed by atoms with van der Waals surface area (Å²) in [5.41, 5.74) is 0.214. The molecule has 0 unspecified atom stereocenters. The van der Waals surface area contributed by atoms with Crippen LogP contribution in [0.4, 0.5) is 0 Å². The van der Waals surface area contributed by atoms with Crippen molar-refractivity contribution in [3.8, 4) is 0 Å². The van der Waals surface area contributed by atoms with Crippen LogP contribution in [0.2, 0.25) is 0 Å². The number of carboxylic acids is 1. The minimum absolute atomic E-state index is 0.0543. The maximum absolute atomic E-state index is 12.5. The van der Waals surface area contributed by atoms with Gasteiger partial charge in [0.2, 0.25) is 10.0 Å². The van der Waals surface area contributed by atoms with Crippen molar-refractivity contribution in [1.29, 1.82) is 0 Å². The molecule has 7 nitrogen and oxygen atoms in total. The summed E-state index contributed by atoms with van der Waals surface area (Å²) in [4.78, 5) is 24.2. The van der Waals surface area contributed by atoms with Gasteiger partial charge in [0.05, 0.1) is 11.3 Å². The predicted octanol–water partition coefficient (Wildman–Crippen LogP) is 1.26. The van der Waals surface area contributed by atoms with Gasteiger partial charge in [-0.25, -0.2) is 8.42 Å². The number of aliphatic carboxylic acids is 1. The molecule has 0 saturated heterocycles. The van der Waals surface area contributed by atoms with Crippen LogP contribution in [0.5, 0.6) is 0 Å². The number of carbonyl (C=O) groups is 2. The van der Waals surface area contributed by atoms with Crippen LogP contribution >= 0.6 is 0 Å². The van der Waals surface area contributed by atoms with E-state index in [-0.39, 0.29) is 23.4 Å². The lowest BCUT2D eigenvalue weighted by molar-refractivity contribution is -0.137. The van der Waals surface area contributed by atoms with E-state index >= 15 is 0 Å². The molecule has 0 spiro atoms. The molecule has 0 atom stereocenters. The Morgan fingerprint density at radius 2 is 1.78 bits per heavy atom. The van der Waals surface area contributed by atoms with Gasteiger partial charge in [-0.1, -0.05) is 19.9 Å². The lowest BCUT2D eigenvalue weighted by atomic mass is 10.2. The Kier molecular flexibility index (Phi) is 6.71. The van der Waals surface area contributed by atoms with Crippen molar-refractivity contribution in [3.05, 3.63) is 29.8 Å². The highest BCUT2D eigenvalue weighted by Gasteiger charge is 2.23. The summed E-state index contributed by atoms with van der Waals surface area (Å²) in [6, 6.07) is 5.80. The van der Waals surface area contributed by atoms with Gasteiger partial charge in [0.15, 0.2) is 0 Å². The number of carboxylic acid groups (broad SMARTS) is 1. The van der Waals surface area contributed by atoms with Crippen LogP contribution in [-0.2, 0) is 14.8 Å². The first-order valence-corrected chi connectivity index (χ1v) is 8.75. The maximum atomic E-state index is 12.5. The summed E-state index contributed by atoms with van der Waals surface area (Å²) in [6.07, 6.45) is -0.167. The first kappa shape index (κ1) is 19.1. The second-order valence-corrected chi connectivity index (χ2v) is 6.93. The minimum Gasteiger partial charge on any atom is -0.481 e. The third-order valence-corrected chi connectivity index (χ3v) is 5.48. The van der Waals surface area contributed by atoms with Gasteiger partial charge in [0, 0.05) is 32.2 Å². The van der Waals surface area contributed by atoms with E-state index in [2.05, 4.69) is 0 Å². The van der Waals surface area contributed by atoms with E-state index in [1.165, 1.54) is 40.5 Å². The molecule has 0 fully saturated rings. The van der Waals surface area contributed by atoms with Gasteiger partial charge in [-0.2, -0.15) is 4.31 Å². The van der Waals surface area contributed by atoms with E-state index in [1.807, 2.05) is 0 Å². The van der Waals surface area contributed by atoms with Crippen LogP contribution in [0.3, 0.4) is 0 Å². The highest BCUT2D eigenvalue weighted by Crippen LogP contribution is 2.17. The third-order valence-electron chi connectivity index (χ3n) is 3.43. The Labute approximate surface area is 136 Å². The van der Waals surface area contributed by atoms with E-state index in [4.69, 9.17) is 5.11 Å². The molecule has 0 aromatic heterocycles. The van der Waals surface area contributed by atoms with Gasteiger partial charge >= 0.3 is 5.97 Å². The standard InChI is InChI=1S/C15H22N2O5S/c1-4-17(5-2)23(21,22)13-8-6-7-12(11-13)15(20)16(3)10-9-14(18)19/h6-8,11H,4-5,9-10H2,1-3H3,(H,18,19). The fourth-order valence-corrected chi connectivity index (χ4v) is 3.59. The first-order valence-electron chi connectivity index (χ1n) is 7.31. The zero-order valence-electron chi connectivity index (χ0n) is 13.5. The third kappa shape index (κ3) is 4.77. The smallest absolute Gasteiger partial charge is 0.305 e. The predicted molar refractivity (Wildman–Crippen MR) is 85.8 cm³/mol. The number of nitrogens with zero attached hydrogens (tertiary/aromatic N) is 2. The van der Waals surface area contributed by atoms with Crippen LogP contribution in [-0.4, -0.2) is 61.3 Å². The Morgan fingerprint density at radius 3 is 2.30 bits per heavy atom. The zero-order chi connectivity index (χ0) is 17.6. The molecule has 0 radical (unpaired) electrons. The van der Waals surface area contributed by atoms with Gasteiger partial charge in [-0.15, -0.1) is 0 Å². The largest absolute Gasteiger partial charge is 0.481 e. The molecule has 0 saturated carbocycles. The average Bonchev–Trinajstić information content (AvgIpc) is 2.52. The highest BCUT2D eigenvalue weighted by molar-refractivity contribution is 7.89. The molecule has 0 bridgehead atoms. The fourth-order valence-electron chi connectivity index (χ4n) is 2.09. The van der Waals surface area contributed by atoms with Crippen molar-refractivity contribution in [1.82, 2.24) is 9.21 Å². The van der Waals surface area contributed by atoms with E-state index in [9.17, 15) is 18.0 Å². The monoisotopic (exact) mass is 342 g/mol.